The Balaban J connectivity index is 0.00000225. The van der Waals surface area contributed by atoms with Gasteiger partial charge in [0, 0.05) is 12.7 Å². The van der Waals surface area contributed by atoms with Gasteiger partial charge in [-0.2, -0.15) is 4.98 Å². The summed E-state index contributed by atoms with van der Waals surface area (Å²) >= 11 is 0. The molecule has 28 heavy (non-hydrogen) atoms. The number of carbonyl (C=O) groups excluding carboxylic acids is 1. The number of ether oxygens (including phenoxy) is 1. The molecule has 1 aliphatic carbocycles. The van der Waals surface area contributed by atoms with Crippen LogP contribution in [0.5, 0.6) is 0 Å². The fourth-order valence-electron chi connectivity index (χ4n) is 3.58. The second-order valence-corrected chi connectivity index (χ2v) is 8.70. The monoisotopic (exact) mass is 428 g/mol. The van der Waals surface area contributed by atoms with Crippen LogP contribution in [0.2, 0.25) is 0 Å². The SMILES string of the molecule is COCCN1C(=O)c2ccc(-c3nc(C4(N)CCCC4)no3)cc2S1(=O)=O.Cl. The molecule has 9 nitrogen and oxygen atoms in total. The maximum absolute atomic E-state index is 12.7. The maximum Gasteiger partial charge on any atom is 0.269 e. The molecule has 0 spiro atoms. The summed E-state index contributed by atoms with van der Waals surface area (Å²) in [6.07, 6.45) is 3.59. The van der Waals surface area contributed by atoms with Crippen LogP contribution in [0.25, 0.3) is 11.5 Å². The Labute approximate surface area is 168 Å². The smallest absolute Gasteiger partial charge is 0.269 e. The van der Waals surface area contributed by atoms with Crippen LogP contribution in [0, 0.1) is 0 Å². The van der Waals surface area contributed by atoms with Crippen LogP contribution in [0.15, 0.2) is 27.6 Å². The number of sulfonamides is 1. The summed E-state index contributed by atoms with van der Waals surface area (Å²) in [4.78, 5) is 16.7. The van der Waals surface area contributed by atoms with Gasteiger partial charge in [-0.05, 0) is 31.0 Å². The fourth-order valence-corrected chi connectivity index (χ4v) is 5.15. The second-order valence-electron chi connectivity index (χ2n) is 6.87. The molecule has 2 heterocycles. The average Bonchev–Trinajstić information content (AvgIpc) is 3.34. The highest BCUT2D eigenvalue weighted by molar-refractivity contribution is 7.90. The Morgan fingerprint density at radius 1 is 1.32 bits per heavy atom. The maximum atomic E-state index is 12.7. The molecule has 0 bridgehead atoms. The lowest BCUT2D eigenvalue weighted by atomic mass is 9.98. The molecule has 1 aliphatic heterocycles. The lowest BCUT2D eigenvalue weighted by Crippen LogP contribution is -2.34. The van der Waals surface area contributed by atoms with E-state index in [4.69, 9.17) is 15.0 Å². The summed E-state index contributed by atoms with van der Waals surface area (Å²) in [7, 11) is -2.49. The molecule has 11 heteroatoms. The van der Waals surface area contributed by atoms with Gasteiger partial charge in [0.05, 0.1) is 24.3 Å². The van der Waals surface area contributed by atoms with Crippen molar-refractivity contribution in [3.8, 4) is 11.5 Å². The molecule has 0 saturated heterocycles. The molecule has 1 aromatic carbocycles. The van der Waals surface area contributed by atoms with Crippen LogP contribution in [0.1, 0.15) is 41.9 Å². The lowest BCUT2D eigenvalue weighted by Gasteiger charge is -2.17. The summed E-state index contributed by atoms with van der Waals surface area (Å²) in [5.41, 5.74) is 6.30. The van der Waals surface area contributed by atoms with Crippen LogP contribution < -0.4 is 5.73 Å². The average molecular weight is 429 g/mol. The molecule has 2 N–H and O–H groups in total. The number of nitrogens with two attached hydrogens (primary N) is 1. The normalized spacial score (nSPS) is 19.5. The van der Waals surface area contributed by atoms with Crippen molar-refractivity contribution in [1.82, 2.24) is 14.4 Å². The van der Waals surface area contributed by atoms with E-state index in [2.05, 4.69) is 10.1 Å². The van der Waals surface area contributed by atoms with E-state index in [1.807, 2.05) is 0 Å². The van der Waals surface area contributed by atoms with Gasteiger partial charge in [0.2, 0.25) is 0 Å². The van der Waals surface area contributed by atoms with Gasteiger partial charge in [-0.15, -0.1) is 12.4 Å². The molecular weight excluding hydrogens is 408 g/mol. The molecule has 0 unspecified atom stereocenters. The van der Waals surface area contributed by atoms with Gasteiger partial charge in [-0.25, -0.2) is 12.7 Å². The van der Waals surface area contributed by atoms with Crippen molar-refractivity contribution in [3.05, 3.63) is 29.6 Å². The Hall–Kier alpha value is -2.01. The Morgan fingerprint density at radius 2 is 2.04 bits per heavy atom. The first-order valence-electron chi connectivity index (χ1n) is 8.70. The number of benzene rings is 1. The van der Waals surface area contributed by atoms with Gasteiger partial charge in [0.1, 0.15) is 4.90 Å². The third kappa shape index (κ3) is 3.20. The van der Waals surface area contributed by atoms with Crippen LogP contribution in [0.3, 0.4) is 0 Å². The number of carbonyl (C=O) groups is 1. The molecular formula is C17H21ClN4O5S. The fraction of sp³-hybridized carbons (Fsp3) is 0.471. The molecule has 4 rings (SSSR count). The number of hydrogen-bond donors (Lipinski definition) is 1. The molecule has 1 amide bonds. The number of methoxy groups -OCH3 is 1. The predicted molar refractivity (Wildman–Crippen MR) is 101 cm³/mol. The highest BCUT2D eigenvalue weighted by atomic mass is 35.5. The van der Waals surface area contributed by atoms with Gasteiger partial charge < -0.3 is 15.0 Å². The van der Waals surface area contributed by atoms with Gasteiger partial charge in [0.25, 0.3) is 21.8 Å². The van der Waals surface area contributed by atoms with Crippen LogP contribution in [-0.4, -0.2) is 49.0 Å². The minimum Gasteiger partial charge on any atom is -0.383 e. The molecule has 2 aliphatic rings. The van der Waals surface area contributed by atoms with Crippen molar-refractivity contribution >= 4 is 28.3 Å². The highest BCUT2D eigenvalue weighted by Gasteiger charge is 2.41. The van der Waals surface area contributed by atoms with Crippen molar-refractivity contribution in [2.24, 2.45) is 5.73 Å². The van der Waals surface area contributed by atoms with Crippen LogP contribution in [-0.2, 0) is 20.3 Å². The largest absolute Gasteiger partial charge is 0.383 e. The van der Waals surface area contributed by atoms with E-state index in [0.717, 1.165) is 30.0 Å². The van der Waals surface area contributed by atoms with E-state index >= 15 is 0 Å². The lowest BCUT2D eigenvalue weighted by molar-refractivity contribution is 0.0836. The molecule has 1 saturated carbocycles. The predicted octanol–water partition coefficient (Wildman–Crippen LogP) is 1.68. The Bertz CT molecular complexity index is 1000. The zero-order valence-electron chi connectivity index (χ0n) is 15.3. The first-order valence-corrected chi connectivity index (χ1v) is 10.1. The van der Waals surface area contributed by atoms with Gasteiger partial charge in [-0.1, -0.05) is 18.0 Å². The van der Waals surface area contributed by atoms with Crippen LogP contribution >= 0.6 is 12.4 Å². The van der Waals surface area contributed by atoms with E-state index < -0.39 is 21.5 Å². The topological polar surface area (TPSA) is 129 Å². The molecule has 152 valence electrons. The summed E-state index contributed by atoms with van der Waals surface area (Å²) in [6.45, 7) is 0.0828. The van der Waals surface area contributed by atoms with Crippen molar-refractivity contribution in [1.29, 1.82) is 0 Å². The van der Waals surface area contributed by atoms with Crippen molar-refractivity contribution in [2.75, 3.05) is 20.3 Å². The molecule has 0 radical (unpaired) electrons. The third-order valence-electron chi connectivity index (χ3n) is 5.12. The van der Waals surface area contributed by atoms with E-state index in [1.54, 1.807) is 6.07 Å². The molecule has 1 fully saturated rings. The number of rotatable bonds is 5. The number of amides is 1. The standard InChI is InChI=1S/C17H20N4O5S.ClH/c1-25-9-8-21-15(22)12-5-4-11(10-13(12)27(21,23)24)14-19-16(20-26-14)17(18)6-2-3-7-17;/h4-5,10H,2-3,6-9,18H2,1H3;1H. The minimum absolute atomic E-state index is 0. The highest BCUT2D eigenvalue weighted by Crippen LogP contribution is 2.37. The second kappa shape index (κ2) is 7.43. The van der Waals surface area contributed by atoms with E-state index in [9.17, 15) is 13.2 Å². The van der Waals surface area contributed by atoms with Crippen molar-refractivity contribution < 1.29 is 22.5 Å². The van der Waals surface area contributed by atoms with Gasteiger partial charge >= 0.3 is 0 Å². The zero-order chi connectivity index (χ0) is 19.2. The summed E-state index contributed by atoms with van der Waals surface area (Å²) in [5, 5.41) is 3.99. The van der Waals surface area contributed by atoms with Gasteiger partial charge in [-0.3, -0.25) is 4.79 Å². The molecule has 0 atom stereocenters. The summed E-state index contributed by atoms with van der Waals surface area (Å²) < 4.78 is 36.5. The van der Waals surface area contributed by atoms with Gasteiger partial charge in [0.15, 0.2) is 5.82 Å². The molecule has 2 aromatic rings. The first-order chi connectivity index (χ1) is 12.9. The van der Waals surface area contributed by atoms with E-state index in [1.165, 1.54) is 19.2 Å². The Morgan fingerprint density at radius 3 is 2.71 bits per heavy atom. The first kappa shape index (κ1) is 20.7. The quantitative estimate of drug-likeness (QED) is 0.761. The van der Waals surface area contributed by atoms with Crippen LogP contribution in [0.4, 0.5) is 0 Å². The third-order valence-corrected chi connectivity index (χ3v) is 6.94. The molecule has 1 aromatic heterocycles. The Kier molecular flexibility index (Phi) is 5.50. The number of nitrogens with zero attached hydrogens (tertiary/aromatic N) is 3. The minimum atomic E-state index is -3.93. The number of hydrogen-bond acceptors (Lipinski definition) is 8. The number of fused-ring (bicyclic) bond motifs is 1. The zero-order valence-corrected chi connectivity index (χ0v) is 16.9. The summed E-state index contributed by atoms with van der Waals surface area (Å²) in [5.74, 6) is 0.0466. The van der Waals surface area contributed by atoms with Crippen molar-refractivity contribution in [2.45, 2.75) is 36.1 Å². The van der Waals surface area contributed by atoms with E-state index in [-0.39, 0.29) is 41.9 Å². The number of halogens is 1. The number of aromatic nitrogens is 2. The van der Waals surface area contributed by atoms with E-state index in [0.29, 0.717) is 11.4 Å². The van der Waals surface area contributed by atoms with Crippen molar-refractivity contribution in [3.63, 3.8) is 0 Å². The summed E-state index contributed by atoms with van der Waals surface area (Å²) in [6, 6.07) is 4.46.